The number of hydrogen-bond acceptors (Lipinski definition) is 8. The number of hydrogen-bond donors (Lipinski definition) is 3. The number of nitrogens with one attached hydrogen (secondary N) is 3. The summed E-state index contributed by atoms with van der Waals surface area (Å²) in [7, 11) is 4.62. The maximum Gasteiger partial charge on any atom is 0.229 e. The van der Waals surface area contributed by atoms with Crippen LogP contribution < -0.4 is 24.8 Å². The Hall–Kier alpha value is -4.08. The van der Waals surface area contributed by atoms with Crippen LogP contribution in [0.4, 0.5) is 27.7 Å². The summed E-state index contributed by atoms with van der Waals surface area (Å²) in [6, 6.07) is 9.57. The molecule has 9 nitrogen and oxygen atoms in total. The van der Waals surface area contributed by atoms with E-state index < -0.39 is 0 Å². The molecule has 0 unspecified atom stereocenters. The Balaban J connectivity index is 1.60. The highest BCUT2D eigenvalue weighted by molar-refractivity contribution is 5.91. The number of fused-ring (bicyclic) bond motifs is 1. The average Bonchev–Trinajstić information content (AvgIpc) is 3.15. The van der Waals surface area contributed by atoms with Crippen LogP contribution in [-0.4, -0.2) is 41.5 Å². The highest BCUT2D eigenvalue weighted by Gasteiger charge is 2.14. The molecule has 4 rings (SSSR count). The van der Waals surface area contributed by atoms with E-state index in [1.54, 1.807) is 44.7 Å². The molecular formula is C20H19FN6O3. The van der Waals surface area contributed by atoms with E-state index >= 15 is 0 Å². The molecule has 0 spiro atoms. The highest BCUT2D eigenvalue weighted by Crippen LogP contribution is 2.40. The maximum atomic E-state index is 13.6. The SMILES string of the molecule is COc1cc(Nc2nccc(Nc3n[nH]c4ccc(F)cc34)n2)cc(OC)c1OC. The lowest BCUT2D eigenvalue weighted by Gasteiger charge is -2.14. The lowest BCUT2D eigenvalue weighted by Crippen LogP contribution is -2.02. The minimum Gasteiger partial charge on any atom is -0.493 e. The first-order chi connectivity index (χ1) is 14.6. The molecule has 2 heterocycles. The first kappa shape index (κ1) is 19.2. The molecule has 0 atom stereocenters. The molecule has 2 aromatic carbocycles. The molecule has 0 aliphatic carbocycles. The van der Waals surface area contributed by atoms with Gasteiger partial charge in [0, 0.05) is 29.4 Å². The molecule has 0 radical (unpaired) electrons. The predicted molar refractivity (Wildman–Crippen MR) is 111 cm³/mol. The van der Waals surface area contributed by atoms with Gasteiger partial charge >= 0.3 is 0 Å². The first-order valence-electron chi connectivity index (χ1n) is 8.92. The monoisotopic (exact) mass is 410 g/mol. The second kappa shape index (κ2) is 8.11. The first-order valence-corrected chi connectivity index (χ1v) is 8.92. The number of ether oxygens (including phenoxy) is 3. The van der Waals surface area contributed by atoms with Crippen molar-refractivity contribution in [1.82, 2.24) is 20.2 Å². The zero-order valence-corrected chi connectivity index (χ0v) is 16.5. The van der Waals surface area contributed by atoms with Gasteiger partial charge in [-0.15, -0.1) is 0 Å². The predicted octanol–water partition coefficient (Wildman–Crippen LogP) is 4.01. The third-order valence-corrected chi connectivity index (χ3v) is 4.35. The normalized spacial score (nSPS) is 10.7. The zero-order chi connectivity index (χ0) is 21.1. The summed E-state index contributed by atoms with van der Waals surface area (Å²) < 4.78 is 29.6. The van der Waals surface area contributed by atoms with Crippen LogP contribution >= 0.6 is 0 Å². The number of aromatic amines is 1. The molecular weight excluding hydrogens is 391 g/mol. The minimum atomic E-state index is -0.348. The van der Waals surface area contributed by atoms with E-state index in [0.717, 1.165) is 0 Å². The van der Waals surface area contributed by atoms with Crippen molar-refractivity contribution < 1.29 is 18.6 Å². The van der Waals surface area contributed by atoms with Crippen molar-refractivity contribution in [3.05, 3.63) is 48.4 Å². The Morgan fingerprint density at radius 3 is 2.40 bits per heavy atom. The largest absolute Gasteiger partial charge is 0.493 e. The average molecular weight is 410 g/mol. The molecule has 0 amide bonds. The number of anilines is 4. The number of H-pyrrole nitrogens is 1. The molecule has 30 heavy (non-hydrogen) atoms. The van der Waals surface area contributed by atoms with Crippen LogP contribution in [0.25, 0.3) is 10.9 Å². The number of nitrogens with zero attached hydrogens (tertiary/aromatic N) is 3. The van der Waals surface area contributed by atoms with Crippen molar-refractivity contribution in [1.29, 1.82) is 0 Å². The quantitative estimate of drug-likeness (QED) is 0.420. The van der Waals surface area contributed by atoms with Crippen molar-refractivity contribution in [2.24, 2.45) is 0 Å². The molecule has 0 aliphatic heterocycles. The van der Waals surface area contributed by atoms with Gasteiger partial charge in [-0.2, -0.15) is 10.1 Å². The Bertz CT molecular complexity index is 1170. The van der Waals surface area contributed by atoms with Gasteiger partial charge in [0.05, 0.1) is 26.8 Å². The van der Waals surface area contributed by atoms with Gasteiger partial charge in [0.1, 0.15) is 11.6 Å². The lowest BCUT2D eigenvalue weighted by atomic mass is 10.2. The third-order valence-electron chi connectivity index (χ3n) is 4.35. The van der Waals surface area contributed by atoms with Gasteiger partial charge in [0.25, 0.3) is 0 Å². The topological polar surface area (TPSA) is 106 Å². The summed E-state index contributed by atoms with van der Waals surface area (Å²) in [6.45, 7) is 0. The molecule has 0 bridgehead atoms. The van der Waals surface area contributed by atoms with Crippen LogP contribution in [0.3, 0.4) is 0 Å². The van der Waals surface area contributed by atoms with Gasteiger partial charge in [-0.3, -0.25) is 5.10 Å². The van der Waals surface area contributed by atoms with Crippen LogP contribution in [0, 0.1) is 5.82 Å². The van der Waals surface area contributed by atoms with E-state index in [1.807, 2.05) is 0 Å². The van der Waals surface area contributed by atoms with Gasteiger partial charge in [0.2, 0.25) is 11.7 Å². The molecule has 0 fully saturated rings. The van der Waals surface area contributed by atoms with Crippen molar-refractivity contribution in [3.63, 3.8) is 0 Å². The Morgan fingerprint density at radius 1 is 0.933 bits per heavy atom. The number of benzene rings is 2. The van der Waals surface area contributed by atoms with Crippen molar-refractivity contribution >= 4 is 34.2 Å². The van der Waals surface area contributed by atoms with Crippen LogP contribution in [-0.2, 0) is 0 Å². The Labute approximate surface area is 171 Å². The van der Waals surface area contributed by atoms with Crippen LogP contribution in [0.2, 0.25) is 0 Å². The van der Waals surface area contributed by atoms with Crippen LogP contribution in [0.1, 0.15) is 0 Å². The highest BCUT2D eigenvalue weighted by atomic mass is 19.1. The van der Waals surface area contributed by atoms with Gasteiger partial charge in [0.15, 0.2) is 17.3 Å². The second-order valence-electron chi connectivity index (χ2n) is 6.19. The van der Waals surface area contributed by atoms with Gasteiger partial charge < -0.3 is 24.8 Å². The summed E-state index contributed by atoms with van der Waals surface area (Å²) in [5.74, 6) is 2.41. The fourth-order valence-electron chi connectivity index (χ4n) is 2.97. The molecule has 154 valence electrons. The lowest BCUT2D eigenvalue weighted by molar-refractivity contribution is 0.324. The molecule has 0 saturated carbocycles. The van der Waals surface area contributed by atoms with Crippen LogP contribution in [0.15, 0.2) is 42.6 Å². The van der Waals surface area contributed by atoms with Crippen molar-refractivity contribution in [2.45, 2.75) is 0 Å². The Morgan fingerprint density at radius 2 is 1.70 bits per heavy atom. The molecule has 0 saturated heterocycles. The molecule has 10 heteroatoms. The van der Waals surface area contributed by atoms with E-state index in [0.29, 0.717) is 51.4 Å². The van der Waals surface area contributed by atoms with Gasteiger partial charge in [-0.1, -0.05) is 0 Å². The summed E-state index contributed by atoms with van der Waals surface area (Å²) in [4.78, 5) is 8.66. The van der Waals surface area contributed by atoms with E-state index in [4.69, 9.17) is 14.2 Å². The smallest absolute Gasteiger partial charge is 0.229 e. The van der Waals surface area contributed by atoms with Crippen molar-refractivity contribution in [3.8, 4) is 17.2 Å². The van der Waals surface area contributed by atoms with Gasteiger partial charge in [-0.05, 0) is 24.3 Å². The zero-order valence-electron chi connectivity index (χ0n) is 16.5. The number of methoxy groups -OCH3 is 3. The summed E-state index contributed by atoms with van der Waals surface area (Å²) >= 11 is 0. The Kier molecular flexibility index (Phi) is 5.21. The molecule has 0 aliphatic rings. The second-order valence-corrected chi connectivity index (χ2v) is 6.19. The summed E-state index contributed by atoms with van der Waals surface area (Å²) in [5.41, 5.74) is 1.36. The molecule has 2 aromatic heterocycles. The fraction of sp³-hybridized carbons (Fsp3) is 0.150. The fourth-order valence-corrected chi connectivity index (χ4v) is 2.97. The standard InChI is InChI=1S/C20H19FN6O3/c1-28-15-9-12(10-16(29-2)18(15)30-3)23-20-22-7-6-17(25-20)24-19-13-8-11(21)4-5-14(13)26-27-19/h4-10H,1-3H3,(H3,22,23,24,25,26,27). The minimum absolute atomic E-state index is 0.334. The van der Waals surface area contributed by atoms with Gasteiger partial charge in [-0.25, -0.2) is 9.37 Å². The summed E-state index contributed by atoms with van der Waals surface area (Å²) in [5, 5.41) is 13.8. The van der Waals surface area contributed by atoms with Crippen LogP contribution in [0.5, 0.6) is 17.2 Å². The number of aromatic nitrogens is 4. The van der Waals surface area contributed by atoms with Crippen molar-refractivity contribution in [2.75, 3.05) is 32.0 Å². The number of halogens is 1. The third kappa shape index (κ3) is 3.75. The summed E-state index contributed by atoms with van der Waals surface area (Å²) in [6.07, 6.45) is 1.59. The van der Waals surface area contributed by atoms with E-state index in [9.17, 15) is 4.39 Å². The number of rotatable bonds is 7. The molecule has 3 N–H and O–H groups in total. The van der Waals surface area contributed by atoms with E-state index in [1.165, 1.54) is 19.2 Å². The molecule has 4 aromatic rings. The van der Waals surface area contributed by atoms with E-state index in [-0.39, 0.29) is 5.82 Å². The maximum absolute atomic E-state index is 13.6. The van der Waals surface area contributed by atoms with E-state index in [2.05, 4.69) is 30.8 Å².